The first-order chi connectivity index (χ1) is 8.06. The number of hydrogen-bond acceptors (Lipinski definition) is 3. The summed E-state index contributed by atoms with van der Waals surface area (Å²) in [7, 11) is 0. The summed E-state index contributed by atoms with van der Waals surface area (Å²) >= 11 is 0. The number of piperidine rings is 1. The van der Waals surface area contributed by atoms with Gasteiger partial charge < -0.3 is 16.0 Å². The normalized spacial score (nSPS) is 19.6. The highest BCUT2D eigenvalue weighted by Crippen LogP contribution is 2.10. The zero-order valence-electron chi connectivity index (χ0n) is 10.7. The van der Waals surface area contributed by atoms with Crippen LogP contribution in [0, 0.1) is 5.92 Å². The topological polar surface area (TPSA) is 75.4 Å². The van der Waals surface area contributed by atoms with E-state index in [-0.39, 0.29) is 17.7 Å². The molecule has 1 aliphatic rings. The van der Waals surface area contributed by atoms with Gasteiger partial charge in [0.15, 0.2) is 0 Å². The maximum Gasteiger partial charge on any atom is 0.244 e. The third-order valence-corrected chi connectivity index (χ3v) is 3.20. The number of amides is 2. The van der Waals surface area contributed by atoms with Crippen LogP contribution in [0.4, 0.5) is 0 Å². The zero-order chi connectivity index (χ0) is 12.8. The number of nitrogens with two attached hydrogens (primary N) is 1. The van der Waals surface area contributed by atoms with Crippen LogP contribution in [0.5, 0.6) is 0 Å². The Hall–Kier alpha value is -1.10. The fourth-order valence-corrected chi connectivity index (χ4v) is 1.91. The molecular formula is C12H23N3O2. The summed E-state index contributed by atoms with van der Waals surface area (Å²) in [4.78, 5) is 25.5. The molecule has 5 nitrogen and oxygen atoms in total. The molecule has 0 aromatic heterocycles. The Morgan fingerprint density at radius 1 is 1.24 bits per heavy atom. The summed E-state index contributed by atoms with van der Waals surface area (Å²) in [6, 6.07) is -0.449. The van der Waals surface area contributed by atoms with Crippen LogP contribution in [0.2, 0.25) is 0 Å². The molecule has 0 aliphatic carbocycles. The van der Waals surface area contributed by atoms with Crippen molar-refractivity contribution in [2.24, 2.45) is 11.7 Å². The Labute approximate surface area is 103 Å². The standard InChI is InChI=1S/C12H23N3O2/c1-9(8-13)11(16)14-10(2)12(17)15-6-4-3-5-7-15/h9-10H,3-8,13H2,1-2H3,(H,14,16)/t9?,10-/m0/s1. The van der Waals surface area contributed by atoms with Gasteiger partial charge in [-0.3, -0.25) is 9.59 Å². The summed E-state index contributed by atoms with van der Waals surface area (Å²) in [6.07, 6.45) is 3.31. The fourth-order valence-electron chi connectivity index (χ4n) is 1.91. The van der Waals surface area contributed by atoms with E-state index in [0.29, 0.717) is 6.54 Å². The molecule has 0 aromatic carbocycles. The molecule has 2 amide bonds. The summed E-state index contributed by atoms with van der Waals surface area (Å²) in [5.74, 6) is -0.376. The molecule has 1 aliphatic heterocycles. The average molecular weight is 241 g/mol. The van der Waals surface area contributed by atoms with Gasteiger partial charge >= 0.3 is 0 Å². The van der Waals surface area contributed by atoms with E-state index in [9.17, 15) is 9.59 Å². The van der Waals surface area contributed by atoms with Gasteiger partial charge in [-0.1, -0.05) is 6.92 Å². The van der Waals surface area contributed by atoms with Crippen molar-refractivity contribution in [3.05, 3.63) is 0 Å². The van der Waals surface area contributed by atoms with E-state index in [0.717, 1.165) is 25.9 Å². The lowest BCUT2D eigenvalue weighted by Crippen LogP contribution is -2.50. The smallest absolute Gasteiger partial charge is 0.244 e. The molecule has 2 atom stereocenters. The van der Waals surface area contributed by atoms with E-state index in [4.69, 9.17) is 5.73 Å². The molecule has 1 rings (SSSR count). The molecule has 0 aromatic rings. The predicted octanol–water partition coefficient (Wildman–Crippen LogP) is 0.0984. The second-order valence-electron chi connectivity index (χ2n) is 4.75. The number of rotatable bonds is 4. The molecule has 0 bridgehead atoms. The number of likely N-dealkylation sites (tertiary alicyclic amines) is 1. The zero-order valence-corrected chi connectivity index (χ0v) is 10.7. The van der Waals surface area contributed by atoms with Crippen molar-refractivity contribution < 1.29 is 9.59 Å². The Kier molecular flexibility index (Phi) is 5.41. The van der Waals surface area contributed by atoms with E-state index < -0.39 is 6.04 Å². The van der Waals surface area contributed by atoms with Crippen LogP contribution in [0.1, 0.15) is 33.1 Å². The maximum absolute atomic E-state index is 12.0. The number of nitrogens with one attached hydrogen (secondary N) is 1. The summed E-state index contributed by atoms with van der Waals surface area (Å²) in [5, 5.41) is 2.72. The molecule has 0 radical (unpaired) electrons. The minimum absolute atomic E-state index is 0.0160. The van der Waals surface area contributed by atoms with Gasteiger partial charge in [0.05, 0.1) is 0 Å². The van der Waals surface area contributed by atoms with E-state index in [1.54, 1.807) is 13.8 Å². The van der Waals surface area contributed by atoms with Gasteiger partial charge in [-0.15, -0.1) is 0 Å². The van der Waals surface area contributed by atoms with Gasteiger partial charge in [-0.25, -0.2) is 0 Å². The molecular weight excluding hydrogens is 218 g/mol. The van der Waals surface area contributed by atoms with Crippen LogP contribution in [0.15, 0.2) is 0 Å². The Morgan fingerprint density at radius 3 is 2.35 bits per heavy atom. The van der Waals surface area contributed by atoms with Crippen LogP contribution in [0.25, 0.3) is 0 Å². The minimum atomic E-state index is -0.449. The second kappa shape index (κ2) is 6.59. The first kappa shape index (κ1) is 14.0. The minimum Gasteiger partial charge on any atom is -0.344 e. The highest BCUT2D eigenvalue weighted by Gasteiger charge is 2.24. The van der Waals surface area contributed by atoms with Gasteiger partial charge in [-0.2, -0.15) is 0 Å². The van der Waals surface area contributed by atoms with Crippen molar-refractivity contribution >= 4 is 11.8 Å². The summed E-state index contributed by atoms with van der Waals surface area (Å²) < 4.78 is 0. The Bertz CT molecular complexity index is 275. The second-order valence-corrected chi connectivity index (χ2v) is 4.75. The Balaban J connectivity index is 2.43. The number of hydrogen-bond donors (Lipinski definition) is 2. The van der Waals surface area contributed by atoms with Crippen LogP contribution >= 0.6 is 0 Å². The van der Waals surface area contributed by atoms with Gasteiger partial charge in [0, 0.05) is 25.6 Å². The van der Waals surface area contributed by atoms with E-state index in [2.05, 4.69) is 5.32 Å². The van der Waals surface area contributed by atoms with E-state index >= 15 is 0 Å². The third-order valence-electron chi connectivity index (χ3n) is 3.20. The SMILES string of the molecule is CC(CN)C(=O)N[C@@H](C)C(=O)N1CCCCC1. The van der Waals surface area contributed by atoms with Crippen LogP contribution in [0.3, 0.4) is 0 Å². The lowest BCUT2D eigenvalue weighted by molar-refractivity contribution is -0.137. The van der Waals surface area contributed by atoms with Crippen molar-refractivity contribution in [3.8, 4) is 0 Å². The maximum atomic E-state index is 12.0. The van der Waals surface area contributed by atoms with Gasteiger partial charge in [0.1, 0.15) is 6.04 Å². The van der Waals surface area contributed by atoms with Crippen molar-refractivity contribution in [1.29, 1.82) is 0 Å². The quantitative estimate of drug-likeness (QED) is 0.733. The molecule has 1 fully saturated rings. The van der Waals surface area contributed by atoms with Crippen LogP contribution in [-0.4, -0.2) is 42.4 Å². The summed E-state index contributed by atoms with van der Waals surface area (Å²) in [5.41, 5.74) is 5.41. The fraction of sp³-hybridized carbons (Fsp3) is 0.833. The first-order valence-corrected chi connectivity index (χ1v) is 6.35. The highest BCUT2D eigenvalue weighted by molar-refractivity contribution is 5.88. The molecule has 98 valence electrons. The van der Waals surface area contributed by atoms with E-state index in [1.807, 2.05) is 4.90 Å². The first-order valence-electron chi connectivity index (χ1n) is 6.35. The molecule has 1 heterocycles. The molecule has 5 heteroatoms. The molecule has 3 N–H and O–H groups in total. The average Bonchev–Trinajstić information content (AvgIpc) is 2.37. The van der Waals surface area contributed by atoms with Crippen molar-refractivity contribution in [1.82, 2.24) is 10.2 Å². The van der Waals surface area contributed by atoms with E-state index in [1.165, 1.54) is 6.42 Å². The monoisotopic (exact) mass is 241 g/mol. The largest absolute Gasteiger partial charge is 0.344 e. The lowest BCUT2D eigenvalue weighted by Gasteiger charge is -2.29. The predicted molar refractivity (Wildman–Crippen MR) is 66.3 cm³/mol. The Morgan fingerprint density at radius 2 is 1.82 bits per heavy atom. The van der Waals surface area contributed by atoms with Crippen LogP contribution in [-0.2, 0) is 9.59 Å². The third kappa shape index (κ3) is 4.00. The van der Waals surface area contributed by atoms with Crippen molar-refractivity contribution in [2.45, 2.75) is 39.2 Å². The lowest BCUT2D eigenvalue weighted by atomic mass is 10.1. The highest BCUT2D eigenvalue weighted by atomic mass is 16.2. The number of carbonyl (C=O) groups is 2. The molecule has 0 saturated carbocycles. The van der Waals surface area contributed by atoms with Gasteiger partial charge in [0.25, 0.3) is 0 Å². The molecule has 1 unspecified atom stereocenters. The van der Waals surface area contributed by atoms with Gasteiger partial charge in [0.2, 0.25) is 11.8 Å². The molecule has 0 spiro atoms. The number of nitrogens with zero attached hydrogens (tertiary/aromatic N) is 1. The molecule has 1 saturated heterocycles. The van der Waals surface area contributed by atoms with Crippen molar-refractivity contribution in [3.63, 3.8) is 0 Å². The van der Waals surface area contributed by atoms with Crippen molar-refractivity contribution in [2.75, 3.05) is 19.6 Å². The van der Waals surface area contributed by atoms with Crippen LogP contribution < -0.4 is 11.1 Å². The van der Waals surface area contributed by atoms with Gasteiger partial charge in [-0.05, 0) is 26.2 Å². The number of carbonyl (C=O) groups excluding carboxylic acids is 2. The summed E-state index contributed by atoms with van der Waals surface area (Å²) in [6.45, 7) is 5.42. The molecule has 17 heavy (non-hydrogen) atoms.